The molecule has 4 N–H and O–H groups in total. The third-order valence-corrected chi connectivity index (χ3v) is 8.51. The van der Waals surface area contributed by atoms with Gasteiger partial charge in [0.05, 0.1) is 0 Å². The highest BCUT2D eigenvalue weighted by atomic mass is 33.7. The van der Waals surface area contributed by atoms with Gasteiger partial charge in [0.25, 0.3) is 0 Å². The molecule has 1 rings (SSSR count). The largest absolute Gasteiger partial charge is 0.377 e. The van der Waals surface area contributed by atoms with Crippen LogP contribution in [0.15, 0.2) is 0 Å². The van der Waals surface area contributed by atoms with Gasteiger partial charge in [-0.05, 0) is 0 Å². The lowest BCUT2D eigenvalue weighted by Crippen LogP contribution is -2.34. The van der Waals surface area contributed by atoms with Gasteiger partial charge in [-0.2, -0.15) is 0 Å². The van der Waals surface area contributed by atoms with Crippen LogP contribution in [-0.4, -0.2) is 35.5 Å². The molecule has 0 aromatic carbocycles. The molecule has 0 aromatic heterocycles. The molecule has 0 bridgehead atoms. The fourth-order valence-electron chi connectivity index (χ4n) is 0.620. The van der Waals surface area contributed by atoms with E-state index in [0.29, 0.717) is 11.5 Å². The molecule has 6 nitrogen and oxygen atoms in total. The Morgan fingerprint density at radius 1 is 0.889 bits per heavy atom. The van der Waals surface area contributed by atoms with Crippen molar-refractivity contribution >= 4 is 75.3 Å². The number of rotatable bonds is 0. The fourth-order valence-corrected chi connectivity index (χ4v) is 6.16. The molecular weight excluding hydrogens is 356 g/mol. The van der Waals surface area contributed by atoms with Crippen molar-refractivity contribution in [1.82, 2.24) is 0 Å². The summed E-state index contributed by atoms with van der Waals surface area (Å²) in [6, 6.07) is -1.36. The minimum atomic E-state index is -0.681. The van der Waals surface area contributed by atoms with Crippen LogP contribution in [-0.2, 0) is 18.0 Å². The average Bonchev–Trinajstić information content (AvgIpc) is 2.36. The Kier molecular flexibility index (Phi) is 9.26. The van der Waals surface area contributed by atoms with Gasteiger partial charge in [0.15, 0.2) is 0 Å². The van der Waals surface area contributed by atoms with Crippen molar-refractivity contribution in [1.29, 1.82) is 0 Å². The molecule has 0 radical (unpaired) electrons. The molecule has 1 saturated heterocycles. The van der Waals surface area contributed by atoms with Crippen LogP contribution in [0.5, 0.6) is 0 Å². The third kappa shape index (κ3) is 6.93. The van der Waals surface area contributed by atoms with E-state index < -0.39 is 24.0 Å². The molecule has 1 fully saturated rings. The monoisotopic (exact) mass is 366 g/mol. The van der Waals surface area contributed by atoms with Gasteiger partial charge in [-0.15, -0.1) is 0 Å². The predicted molar refractivity (Wildman–Crippen MR) is 83.4 cm³/mol. The first-order valence-electron chi connectivity index (χ1n) is 4.45. The maximum absolute atomic E-state index is 11.4. The number of hydrogen-bond donors (Lipinski definition) is 2. The number of carbonyl (C=O) groups is 2. The first kappa shape index (κ1) is 17.0. The van der Waals surface area contributed by atoms with Crippen molar-refractivity contribution in [3.05, 3.63) is 0 Å². The zero-order chi connectivity index (χ0) is 13.4. The van der Waals surface area contributed by atoms with Gasteiger partial charge in [-0.25, -0.2) is 9.59 Å². The van der Waals surface area contributed by atoms with E-state index >= 15 is 0 Å². The molecule has 2 atom stereocenters. The number of hydrogen-bond acceptors (Lipinski definition) is 12. The maximum Gasteiger partial charge on any atom is 0.336 e. The van der Waals surface area contributed by atoms with Crippen LogP contribution in [0.4, 0.5) is 0 Å². The third-order valence-electron chi connectivity index (χ3n) is 1.50. The van der Waals surface area contributed by atoms with Crippen LogP contribution in [0.1, 0.15) is 0 Å². The summed E-state index contributed by atoms with van der Waals surface area (Å²) in [6.45, 7) is 0. The molecule has 0 spiro atoms. The molecule has 1 aliphatic rings. The molecule has 0 aliphatic carbocycles. The first-order valence-corrected chi connectivity index (χ1v) is 11.6. The summed E-state index contributed by atoms with van der Waals surface area (Å²) in [7, 11) is 5.06. The SMILES string of the molecule is NC1CSSCC(N)C(=O)OSSSSOC1=O. The lowest BCUT2D eigenvalue weighted by molar-refractivity contribution is -0.134. The van der Waals surface area contributed by atoms with E-state index in [-0.39, 0.29) is 0 Å². The zero-order valence-corrected chi connectivity index (χ0v) is 13.7. The highest BCUT2D eigenvalue weighted by Gasteiger charge is 2.20. The molecule has 0 saturated carbocycles. The Bertz CT molecular complexity index is 267. The Morgan fingerprint density at radius 2 is 1.28 bits per heavy atom. The Balaban J connectivity index is 2.42. The summed E-state index contributed by atoms with van der Waals surface area (Å²) < 4.78 is 9.68. The minimum Gasteiger partial charge on any atom is -0.377 e. The maximum atomic E-state index is 11.4. The van der Waals surface area contributed by atoms with Gasteiger partial charge in [-0.1, -0.05) is 21.6 Å². The van der Waals surface area contributed by atoms with Crippen molar-refractivity contribution < 1.29 is 18.0 Å². The highest BCUT2D eigenvalue weighted by molar-refractivity contribution is 9.25. The van der Waals surface area contributed by atoms with Gasteiger partial charge in [0, 0.05) is 31.2 Å². The second-order valence-electron chi connectivity index (χ2n) is 2.86. The number of carbonyl (C=O) groups excluding carboxylic acids is 2. The topological polar surface area (TPSA) is 105 Å². The van der Waals surface area contributed by atoms with Crippen molar-refractivity contribution in [2.24, 2.45) is 11.5 Å². The van der Waals surface area contributed by atoms with Crippen LogP contribution in [0.3, 0.4) is 0 Å². The Morgan fingerprint density at radius 3 is 1.67 bits per heavy atom. The van der Waals surface area contributed by atoms with Gasteiger partial charge >= 0.3 is 11.9 Å². The summed E-state index contributed by atoms with van der Waals surface area (Å²) in [5.74, 6) is -0.134. The summed E-state index contributed by atoms with van der Waals surface area (Å²) in [5.41, 5.74) is 11.2. The molecule has 0 amide bonds. The van der Waals surface area contributed by atoms with Gasteiger partial charge < -0.3 is 19.8 Å². The summed E-state index contributed by atoms with van der Waals surface area (Å²) >= 11 is 1.77. The molecule has 104 valence electrons. The molecule has 12 heteroatoms. The second kappa shape index (κ2) is 9.80. The predicted octanol–water partition coefficient (Wildman–Crippen LogP) is 1.63. The van der Waals surface area contributed by atoms with Crippen LogP contribution in [0, 0.1) is 0 Å². The van der Waals surface area contributed by atoms with Gasteiger partial charge in [0.2, 0.25) is 0 Å². The lowest BCUT2D eigenvalue weighted by atomic mass is 10.4. The molecular formula is C6H10N2O4S6. The summed E-state index contributed by atoms with van der Waals surface area (Å²) in [5, 5.41) is 0. The Labute approximate surface area is 128 Å². The van der Waals surface area contributed by atoms with Crippen LogP contribution in [0.25, 0.3) is 0 Å². The van der Waals surface area contributed by atoms with E-state index in [1.54, 1.807) is 0 Å². The van der Waals surface area contributed by atoms with Gasteiger partial charge in [0.1, 0.15) is 34.2 Å². The smallest absolute Gasteiger partial charge is 0.336 e. The van der Waals surface area contributed by atoms with Crippen molar-refractivity contribution in [2.75, 3.05) is 11.5 Å². The average molecular weight is 367 g/mol. The molecule has 18 heavy (non-hydrogen) atoms. The number of nitrogens with two attached hydrogens (primary N) is 2. The van der Waals surface area contributed by atoms with Crippen LogP contribution in [0.2, 0.25) is 0 Å². The molecule has 0 aromatic rings. The van der Waals surface area contributed by atoms with Crippen LogP contribution < -0.4 is 11.5 Å². The van der Waals surface area contributed by atoms with E-state index in [1.807, 2.05) is 0 Å². The molecule has 1 aliphatic heterocycles. The van der Waals surface area contributed by atoms with E-state index in [9.17, 15) is 9.59 Å². The lowest BCUT2D eigenvalue weighted by Gasteiger charge is -2.12. The molecule has 2 unspecified atom stereocenters. The first-order chi connectivity index (χ1) is 8.61. The van der Waals surface area contributed by atoms with E-state index in [1.165, 1.54) is 21.6 Å². The van der Waals surface area contributed by atoms with E-state index in [0.717, 1.165) is 41.8 Å². The van der Waals surface area contributed by atoms with E-state index in [2.05, 4.69) is 0 Å². The van der Waals surface area contributed by atoms with Gasteiger partial charge in [-0.3, -0.25) is 0 Å². The summed E-state index contributed by atoms with van der Waals surface area (Å²) in [4.78, 5) is 22.7. The standard InChI is InChI=1S/C6H10N2O4S6/c7-3-1-13-14-2-4(8)6(10)12-16-18-17-15-11-5(3)9/h3-4H,1-2,7-8H2. The summed E-state index contributed by atoms with van der Waals surface area (Å²) in [6.07, 6.45) is 0. The quantitative estimate of drug-likeness (QED) is 0.481. The second-order valence-corrected chi connectivity index (χ2v) is 10.4. The minimum absolute atomic E-state index is 0.401. The highest BCUT2D eigenvalue weighted by Crippen LogP contribution is 2.44. The zero-order valence-electron chi connectivity index (χ0n) is 8.81. The van der Waals surface area contributed by atoms with Crippen molar-refractivity contribution in [2.45, 2.75) is 12.1 Å². The van der Waals surface area contributed by atoms with Crippen molar-refractivity contribution in [3.8, 4) is 0 Å². The normalized spacial score (nSPS) is 29.0. The van der Waals surface area contributed by atoms with Crippen LogP contribution >= 0.6 is 63.4 Å². The fraction of sp³-hybridized carbons (Fsp3) is 0.667. The Hall–Kier alpha value is 0.960. The van der Waals surface area contributed by atoms with Crippen molar-refractivity contribution in [3.63, 3.8) is 0 Å². The molecule has 1 heterocycles. The van der Waals surface area contributed by atoms with E-state index in [4.69, 9.17) is 19.8 Å².